The molecule has 2 rings (SSSR count). The largest absolute Gasteiger partial charge is 0.376 e. The molecular formula is C16H22BrNO2. The number of hydrogen-bond donors (Lipinski definition) is 0. The van der Waals surface area contributed by atoms with Gasteiger partial charge in [0.25, 0.3) is 5.91 Å². The standard InChI is InChI=1S/C16H22BrNO2/c1-2-10-20-15-4-3-9-18(12-15)16(19)14-7-5-13(11-17)6-8-14/h5-8,15H,2-4,9-12H2,1H3. The van der Waals surface area contributed by atoms with Crippen LogP contribution >= 0.6 is 15.9 Å². The van der Waals surface area contributed by atoms with Crippen LogP contribution in [0.3, 0.4) is 0 Å². The van der Waals surface area contributed by atoms with Gasteiger partial charge in [0.2, 0.25) is 0 Å². The molecule has 0 saturated carbocycles. The van der Waals surface area contributed by atoms with Crippen molar-refractivity contribution in [2.45, 2.75) is 37.6 Å². The van der Waals surface area contributed by atoms with Crippen LogP contribution in [0, 0.1) is 0 Å². The van der Waals surface area contributed by atoms with E-state index in [1.165, 1.54) is 5.56 Å². The lowest BCUT2D eigenvalue weighted by molar-refractivity contribution is 0.00211. The number of carbonyl (C=O) groups is 1. The first-order chi connectivity index (χ1) is 9.74. The molecule has 0 bridgehead atoms. The molecule has 0 aromatic heterocycles. The van der Waals surface area contributed by atoms with Crippen LogP contribution in [0.4, 0.5) is 0 Å². The van der Waals surface area contributed by atoms with Crippen LogP contribution in [0.5, 0.6) is 0 Å². The van der Waals surface area contributed by atoms with Crippen molar-refractivity contribution >= 4 is 21.8 Å². The number of hydrogen-bond acceptors (Lipinski definition) is 2. The van der Waals surface area contributed by atoms with E-state index in [1.807, 2.05) is 29.2 Å². The smallest absolute Gasteiger partial charge is 0.253 e. The van der Waals surface area contributed by atoms with Gasteiger partial charge in [-0.05, 0) is 37.0 Å². The molecule has 1 fully saturated rings. The number of carbonyl (C=O) groups excluding carboxylic acids is 1. The Morgan fingerprint density at radius 3 is 2.80 bits per heavy atom. The Balaban J connectivity index is 1.96. The Hall–Kier alpha value is -0.870. The fourth-order valence-electron chi connectivity index (χ4n) is 2.46. The zero-order valence-corrected chi connectivity index (χ0v) is 13.6. The van der Waals surface area contributed by atoms with E-state index in [4.69, 9.17) is 4.74 Å². The Bertz CT molecular complexity index is 433. The Labute approximate surface area is 129 Å². The van der Waals surface area contributed by atoms with Crippen molar-refractivity contribution in [3.63, 3.8) is 0 Å². The lowest BCUT2D eigenvalue weighted by Crippen LogP contribution is -2.43. The van der Waals surface area contributed by atoms with Crippen LogP contribution < -0.4 is 0 Å². The highest BCUT2D eigenvalue weighted by molar-refractivity contribution is 9.08. The summed E-state index contributed by atoms with van der Waals surface area (Å²) in [4.78, 5) is 14.4. The average molecular weight is 340 g/mol. The molecule has 1 aromatic rings. The first-order valence-electron chi connectivity index (χ1n) is 7.30. The fourth-order valence-corrected chi connectivity index (χ4v) is 2.84. The van der Waals surface area contributed by atoms with E-state index in [0.29, 0.717) is 0 Å². The molecule has 1 atom stereocenters. The summed E-state index contributed by atoms with van der Waals surface area (Å²) in [7, 11) is 0. The molecule has 1 amide bonds. The Morgan fingerprint density at radius 1 is 1.40 bits per heavy atom. The predicted octanol–water partition coefficient (Wildman–Crippen LogP) is 3.61. The molecule has 0 spiro atoms. The van der Waals surface area contributed by atoms with Gasteiger partial charge in [0.05, 0.1) is 6.10 Å². The number of benzene rings is 1. The molecule has 3 nitrogen and oxygen atoms in total. The van der Waals surface area contributed by atoms with E-state index in [9.17, 15) is 4.79 Å². The van der Waals surface area contributed by atoms with E-state index >= 15 is 0 Å². The van der Waals surface area contributed by atoms with Gasteiger partial charge in [-0.15, -0.1) is 0 Å². The van der Waals surface area contributed by atoms with Crippen molar-refractivity contribution < 1.29 is 9.53 Å². The summed E-state index contributed by atoms with van der Waals surface area (Å²) in [6, 6.07) is 7.82. The van der Waals surface area contributed by atoms with Crippen molar-refractivity contribution in [2.75, 3.05) is 19.7 Å². The second-order valence-electron chi connectivity index (χ2n) is 5.22. The predicted molar refractivity (Wildman–Crippen MR) is 84.2 cm³/mol. The maximum Gasteiger partial charge on any atom is 0.253 e. The summed E-state index contributed by atoms with van der Waals surface area (Å²) in [5, 5.41) is 0.818. The number of nitrogens with zero attached hydrogens (tertiary/aromatic N) is 1. The summed E-state index contributed by atoms with van der Waals surface area (Å²) in [6.45, 7) is 4.45. The normalized spacial score (nSPS) is 19.1. The topological polar surface area (TPSA) is 29.5 Å². The van der Waals surface area contributed by atoms with Gasteiger partial charge < -0.3 is 9.64 Å². The fraction of sp³-hybridized carbons (Fsp3) is 0.562. The second-order valence-corrected chi connectivity index (χ2v) is 5.78. The number of alkyl halides is 1. The third-order valence-corrected chi connectivity index (χ3v) is 4.23. The van der Waals surface area contributed by atoms with Gasteiger partial charge in [-0.3, -0.25) is 4.79 Å². The molecular weight excluding hydrogens is 318 g/mol. The zero-order valence-electron chi connectivity index (χ0n) is 12.0. The summed E-state index contributed by atoms with van der Waals surface area (Å²) in [5.74, 6) is 0.121. The van der Waals surface area contributed by atoms with Gasteiger partial charge in [-0.25, -0.2) is 0 Å². The molecule has 1 unspecified atom stereocenters. The molecule has 1 heterocycles. The molecule has 20 heavy (non-hydrogen) atoms. The highest BCUT2D eigenvalue weighted by Crippen LogP contribution is 2.17. The van der Waals surface area contributed by atoms with Crippen molar-refractivity contribution in [3.8, 4) is 0 Å². The molecule has 1 saturated heterocycles. The third-order valence-electron chi connectivity index (χ3n) is 3.58. The molecule has 0 radical (unpaired) electrons. The van der Waals surface area contributed by atoms with Crippen molar-refractivity contribution in [2.24, 2.45) is 0 Å². The number of rotatable bonds is 5. The Kier molecular flexibility index (Phi) is 6.05. The summed E-state index contributed by atoms with van der Waals surface area (Å²) in [6.07, 6.45) is 3.32. The Morgan fingerprint density at radius 2 is 2.15 bits per heavy atom. The monoisotopic (exact) mass is 339 g/mol. The average Bonchev–Trinajstić information content (AvgIpc) is 2.52. The maximum absolute atomic E-state index is 12.5. The number of halogens is 1. The number of amides is 1. The first kappa shape index (κ1) is 15.5. The summed E-state index contributed by atoms with van der Waals surface area (Å²) >= 11 is 3.42. The third kappa shape index (κ3) is 4.06. The molecule has 1 aliphatic heterocycles. The van der Waals surface area contributed by atoms with Crippen molar-refractivity contribution in [3.05, 3.63) is 35.4 Å². The van der Waals surface area contributed by atoms with E-state index in [1.54, 1.807) is 0 Å². The van der Waals surface area contributed by atoms with E-state index in [0.717, 1.165) is 49.9 Å². The first-order valence-corrected chi connectivity index (χ1v) is 8.42. The van der Waals surface area contributed by atoms with E-state index in [2.05, 4.69) is 22.9 Å². The molecule has 110 valence electrons. The van der Waals surface area contributed by atoms with Gasteiger partial charge in [-0.2, -0.15) is 0 Å². The molecule has 4 heteroatoms. The van der Waals surface area contributed by atoms with Gasteiger partial charge in [0, 0.05) is 30.6 Å². The molecule has 1 aliphatic rings. The van der Waals surface area contributed by atoms with Crippen LogP contribution in [0.2, 0.25) is 0 Å². The van der Waals surface area contributed by atoms with Gasteiger partial charge >= 0.3 is 0 Å². The zero-order chi connectivity index (χ0) is 14.4. The van der Waals surface area contributed by atoms with E-state index in [-0.39, 0.29) is 12.0 Å². The van der Waals surface area contributed by atoms with Crippen LogP contribution in [0.25, 0.3) is 0 Å². The maximum atomic E-state index is 12.5. The number of likely N-dealkylation sites (tertiary alicyclic amines) is 1. The van der Waals surface area contributed by atoms with Gasteiger partial charge in [0.1, 0.15) is 0 Å². The van der Waals surface area contributed by atoms with Crippen LogP contribution in [-0.2, 0) is 10.1 Å². The molecule has 0 N–H and O–H groups in total. The SMILES string of the molecule is CCCOC1CCCN(C(=O)c2ccc(CBr)cc2)C1. The minimum absolute atomic E-state index is 0.121. The number of piperidine rings is 1. The highest BCUT2D eigenvalue weighted by Gasteiger charge is 2.24. The lowest BCUT2D eigenvalue weighted by atomic mass is 10.1. The van der Waals surface area contributed by atoms with Crippen molar-refractivity contribution in [1.82, 2.24) is 4.90 Å². The number of ether oxygens (including phenoxy) is 1. The van der Waals surface area contributed by atoms with Crippen molar-refractivity contribution in [1.29, 1.82) is 0 Å². The van der Waals surface area contributed by atoms with Crippen LogP contribution in [-0.4, -0.2) is 36.6 Å². The van der Waals surface area contributed by atoms with Gasteiger partial charge in [-0.1, -0.05) is 35.0 Å². The van der Waals surface area contributed by atoms with E-state index < -0.39 is 0 Å². The minimum Gasteiger partial charge on any atom is -0.376 e. The highest BCUT2D eigenvalue weighted by atomic mass is 79.9. The minimum atomic E-state index is 0.121. The second kappa shape index (κ2) is 7.79. The van der Waals surface area contributed by atoms with Gasteiger partial charge in [0.15, 0.2) is 0 Å². The van der Waals surface area contributed by atoms with Crippen LogP contribution in [0.1, 0.15) is 42.1 Å². The summed E-state index contributed by atoms with van der Waals surface area (Å²) < 4.78 is 5.78. The van der Waals surface area contributed by atoms with Crippen LogP contribution in [0.15, 0.2) is 24.3 Å². The molecule has 0 aliphatic carbocycles. The molecule has 1 aromatic carbocycles. The summed E-state index contributed by atoms with van der Waals surface area (Å²) in [5.41, 5.74) is 1.95. The lowest BCUT2D eigenvalue weighted by Gasteiger charge is -2.32. The quantitative estimate of drug-likeness (QED) is 0.767.